The van der Waals surface area contributed by atoms with Crippen LogP contribution in [0.5, 0.6) is 0 Å². The molecular weight excluding hydrogens is 322 g/mol. The molecule has 2 aromatic carbocycles. The number of hydrogen-bond acceptors (Lipinski definition) is 5. The Kier molecular flexibility index (Phi) is 4.78. The van der Waals surface area contributed by atoms with Gasteiger partial charge in [-0.1, -0.05) is 26.0 Å². The molecule has 0 saturated heterocycles. The van der Waals surface area contributed by atoms with Gasteiger partial charge in [0.2, 0.25) is 0 Å². The van der Waals surface area contributed by atoms with Gasteiger partial charge >= 0.3 is 0 Å². The van der Waals surface area contributed by atoms with Crippen molar-refractivity contribution in [3.8, 4) is 0 Å². The molecule has 1 aromatic heterocycles. The number of aromatic nitrogens is 1. The van der Waals surface area contributed by atoms with Crippen LogP contribution in [0.4, 0.5) is 5.69 Å². The van der Waals surface area contributed by atoms with Gasteiger partial charge in [-0.15, -0.1) is 11.3 Å². The molecule has 0 radical (unpaired) electrons. The number of carbonyl (C=O) groups excluding carboxylic acids is 1. The minimum Gasteiger partial charge on any atom is -0.379 e. The topological polar surface area (TPSA) is 74.2 Å². The Labute approximate surface area is 144 Å². The van der Waals surface area contributed by atoms with Crippen LogP contribution in [-0.4, -0.2) is 16.1 Å². The number of hydrogen-bond donors (Lipinski definition) is 3. The molecule has 0 aliphatic heterocycles. The van der Waals surface area contributed by atoms with Crippen molar-refractivity contribution in [2.75, 3.05) is 5.32 Å². The van der Waals surface area contributed by atoms with E-state index in [1.807, 2.05) is 6.07 Å². The highest BCUT2D eigenvalue weighted by Gasteiger charge is 2.09. The average molecular weight is 341 g/mol. The van der Waals surface area contributed by atoms with Crippen molar-refractivity contribution in [1.29, 1.82) is 0 Å². The third kappa shape index (κ3) is 3.55. The predicted octanol–water partition coefficient (Wildman–Crippen LogP) is 4.15. The van der Waals surface area contributed by atoms with Crippen LogP contribution in [0.1, 0.15) is 40.7 Å². The first-order valence-corrected chi connectivity index (χ1v) is 8.56. The van der Waals surface area contributed by atoms with Gasteiger partial charge in [-0.05, 0) is 41.8 Å². The molecule has 24 heavy (non-hydrogen) atoms. The Balaban J connectivity index is 1.72. The van der Waals surface area contributed by atoms with Gasteiger partial charge in [0, 0.05) is 11.3 Å². The summed E-state index contributed by atoms with van der Waals surface area (Å²) in [4.78, 5) is 16.0. The lowest BCUT2D eigenvalue weighted by molar-refractivity contribution is 0.0706. The van der Waals surface area contributed by atoms with Gasteiger partial charge in [0.1, 0.15) is 5.01 Å². The number of anilines is 1. The van der Waals surface area contributed by atoms with Crippen LogP contribution in [-0.2, 0) is 6.54 Å². The van der Waals surface area contributed by atoms with Gasteiger partial charge in [0.05, 0.1) is 16.8 Å². The number of rotatable bonds is 5. The summed E-state index contributed by atoms with van der Waals surface area (Å²) in [6.07, 6.45) is 0. The molecule has 3 N–H and O–H groups in total. The van der Waals surface area contributed by atoms with E-state index < -0.39 is 5.91 Å². The van der Waals surface area contributed by atoms with E-state index in [0.29, 0.717) is 18.0 Å². The molecule has 1 heterocycles. The quantitative estimate of drug-likeness (QED) is 0.481. The lowest BCUT2D eigenvalue weighted by atomic mass is 10.0. The normalized spacial score (nSPS) is 11.0. The highest BCUT2D eigenvalue weighted by molar-refractivity contribution is 7.18. The van der Waals surface area contributed by atoms with Crippen molar-refractivity contribution >= 4 is 33.1 Å². The number of benzene rings is 2. The predicted molar refractivity (Wildman–Crippen MR) is 96.7 cm³/mol. The molecule has 0 aliphatic rings. The molecular formula is C18H19N3O2S. The average Bonchev–Trinajstić information content (AvgIpc) is 3.01. The molecule has 0 unspecified atom stereocenters. The van der Waals surface area contributed by atoms with Crippen LogP contribution in [0.15, 0.2) is 42.5 Å². The molecule has 5 nitrogen and oxygen atoms in total. The van der Waals surface area contributed by atoms with E-state index >= 15 is 0 Å². The van der Waals surface area contributed by atoms with Crippen molar-refractivity contribution in [2.24, 2.45) is 0 Å². The molecule has 0 atom stereocenters. The first-order chi connectivity index (χ1) is 11.6. The zero-order valence-corrected chi connectivity index (χ0v) is 14.4. The van der Waals surface area contributed by atoms with Crippen LogP contribution < -0.4 is 10.8 Å². The van der Waals surface area contributed by atoms with Crippen LogP contribution in [0.2, 0.25) is 0 Å². The Bertz CT molecular complexity index is 856. The maximum Gasteiger partial charge on any atom is 0.274 e. The monoisotopic (exact) mass is 341 g/mol. The Morgan fingerprint density at radius 2 is 1.96 bits per heavy atom. The van der Waals surface area contributed by atoms with Gasteiger partial charge < -0.3 is 5.32 Å². The van der Waals surface area contributed by atoms with Crippen LogP contribution in [0, 0.1) is 0 Å². The maximum atomic E-state index is 11.5. The van der Waals surface area contributed by atoms with E-state index in [0.717, 1.165) is 20.9 Å². The summed E-state index contributed by atoms with van der Waals surface area (Å²) in [5.74, 6) is -0.0107. The third-order valence-corrected chi connectivity index (χ3v) is 4.85. The van der Waals surface area contributed by atoms with E-state index in [9.17, 15) is 4.79 Å². The van der Waals surface area contributed by atoms with Gasteiger partial charge in [-0.2, -0.15) is 0 Å². The lowest BCUT2D eigenvalue weighted by Gasteiger charge is -2.08. The number of hydroxylamine groups is 1. The maximum absolute atomic E-state index is 11.5. The molecule has 0 bridgehead atoms. The summed E-state index contributed by atoms with van der Waals surface area (Å²) in [6, 6.07) is 13.6. The van der Waals surface area contributed by atoms with E-state index in [-0.39, 0.29) is 0 Å². The molecule has 6 heteroatoms. The largest absolute Gasteiger partial charge is 0.379 e. The summed E-state index contributed by atoms with van der Waals surface area (Å²) in [5, 5.41) is 13.0. The molecule has 0 fully saturated rings. The Morgan fingerprint density at radius 1 is 1.21 bits per heavy atom. The second-order valence-corrected chi connectivity index (χ2v) is 6.98. The van der Waals surface area contributed by atoms with Gasteiger partial charge in [-0.25, -0.2) is 10.5 Å². The summed E-state index contributed by atoms with van der Waals surface area (Å²) in [6.45, 7) is 4.98. The first-order valence-electron chi connectivity index (χ1n) is 7.74. The van der Waals surface area contributed by atoms with E-state index in [1.54, 1.807) is 28.9 Å². The van der Waals surface area contributed by atoms with Crippen LogP contribution in [0.25, 0.3) is 10.2 Å². The number of fused-ring (bicyclic) bond motifs is 1. The fourth-order valence-corrected chi connectivity index (χ4v) is 3.31. The SMILES string of the molecule is CC(C)c1ccc(NCc2nc3cc(C(=O)NO)ccc3s2)cc1. The molecule has 124 valence electrons. The molecule has 3 aromatic rings. The molecule has 1 amide bonds. The third-order valence-electron chi connectivity index (χ3n) is 3.82. The zero-order valence-electron chi connectivity index (χ0n) is 13.5. The molecule has 0 spiro atoms. The minimum absolute atomic E-state index is 0.388. The van der Waals surface area contributed by atoms with E-state index in [2.05, 4.69) is 48.4 Å². The van der Waals surface area contributed by atoms with Gasteiger partial charge in [0.15, 0.2) is 0 Å². The van der Waals surface area contributed by atoms with E-state index in [4.69, 9.17) is 5.21 Å². The number of nitrogens with zero attached hydrogens (tertiary/aromatic N) is 1. The standard InChI is InChI=1S/C18H19N3O2S/c1-11(2)12-3-6-14(7-4-12)19-10-17-20-15-9-13(18(22)21-23)5-8-16(15)24-17/h3-9,11,19,23H,10H2,1-2H3,(H,21,22). The summed E-state index contributed by atoms with van der Waals surface area (Å²) < 4.78 is 1.01. The first kappa shape index (κ1) is 16.4. The second kappa shape index (κ2) is 6.98. The number of amides is 1. The summed E-state index contributed by atoms with van der Waals surface area (Å²) >= 11 is 1.58. The second-order valence-electron chi connectivity index (χ2n) is 5.86. The van der Waals surface area contributed by atoms with E-state index in [1.165, 1.54) is 5.56 Å². The van der Waals surface area contributed by atoms with Crippen molar-refractivity contribution in [3.63, 3.8) is 0 Å². The minimum atomic E-state index is -0.533. The number of carbonyl (C=O) groups is 1. The van der Waals surface area contributed by atoms with Crippen LogP contribution in [0.3, 0.4) is 0 Å². The fraction of sp³-hybridized carbons (Fsp3) is 0.222. The van der Waals surface area contributed by atoms with Crippen molar-refractivity contribution in [3.05, 3.63) is 58.6 Å². The van der Waals surface area contributed by atoms with Crippen molar-refractivity contribution in [2.45, 2.75) is 26.3 Å². The van der Waals surface area contributed by atoms with Gasteiger partial charge in [0.25, 0.3) is 5.91 Å². The summed E-state index contributed by atoms with van der Waals surface area (Å²) in [7, 11) is 0. The molecule has 0 aliphatic carbocycles. The number of thiazole rings is 1. The number of nitrogens with one attached hydrogen (secondary N) is 2. The van der Waals surface area contributed by atoms with Crippen molar-refractivity contribution < 1.29 is 10.0 Å². The van der Waals surface area contributed by atoms with Gasteiger partial charge in [-0.3, -0.25) is 10.0 Å². The summed E-state index contributed by atoms with van der Waals surface area (Å²) in [5.41, 5.74) is 5.15. The highest BCUT2D eigenvalue weighted by atomic mass is 32.1. The molecule has 3 rings (SSSR count). The fourth-order valence-electron chi connectivity index (χ4n) is 2.42. The molecule has 0 saturated carbocycles. The zero-order chi connectivity index (χ0) is 17.1. The van der Waals surface area contributed by atoms with Crippen molar-refractivity contribution in [1.82, 2.24) is 10.5 Å². The van der Waals surface area contributed by atoms with Crippen LogP contribution >= 0.6 is 11.3 Å². The smallest absolute Gasteiger partial charge is 0.274 e. The Morgan fingerprint density at radius 3 is 2.62 bits per heavy atom. The highest BCUT2D eigenvalue weighted by Crippen LogP contribution is 2.24. The lowest BCUT2D eigenvalue weighted by Crippen LogP contribution is -2.18. The Hall–Kier alpha value is -2.44.